The van der Waals surface area contributed by atoms with Gasteiger partial charge in [-0.25, -0.2) is 4.98 Å². The van der Waals surface area contributed by atoms with E-state index in [1.165, 1.54) is 0 Å². The second-order valence-corrected chi connectivity index (χ2v) is 4.89. The minimum Gasteiger partial charge on any atom is -0.481 e. The highest BCUT2D eigenvalue weighted by Crippen LogP contribution is 2.17. The SMILES string of the molecule is Cc1nc(OCCCCCC(=O)O)cc(C(C)C)n1. The van der Waals surface area contributed by atoms with Gasteiger partial charge in [0.05, 0.1) is 12.3 Å². The summed E-state index contributed by atoms with van der Waals surface area (Å²) in [5, 5.41) is 8.51. The Bertz CT molecular complexity index is 419. The molecule has 1 heterocycles. The van der Waals surface area contributed by atoms with E-state index in [4.69, 9.17) is 9.84 Å². The van der Waals surface area contributed by atoms with Crippen LogP contribution in [-0.4, -0.2) is 27.7 Å². The molecule has 1 N–H and O–H groups in total. The van der Waals surface area contributed by atoms with Gasteiger partial charge in [-0.3, -0.25) is 4.79 Å². The number of unbranched alkanes of at least 4 members (excludes halogenated alkanes) is 2. The van der Waals surface area contributed by atoms with E-state index in [2.05, 4.69) is 23.8 Å². The first-order valence-electron chi connectivity index (χ1n) is 6.69. The maximum atomic E-state index is 10.3. The summed E-state index contributed by atoms with van der Waals surface area (Å²) in [5.41, 5.74) is 0.980. The molecule has 0 aliphatic heterocycles. The van der Waals surface area contributed by atoms with Gasteiger partial charge in [0.1, 0.15) is 5.82 Å². The Labute approximate surface area is 114 Å². The molecule has 0 fully saturated rings. The number of aryl methyl sites for hydroxylation is 1. The largest absolute Gasteiger partial charge is 0.481 e. The van der Waals surface area contributed by atoms with Crippen molar-refractivity contribution in [3.63, 3.8) is 0 Å². The number of hydrogen-bond donors (Lipinski definition) is 1. The minimum atomic E-state index is -0.742. The van der Waals surface area contributed by atoms with Crippen LogP contribution in [0.3, 0.4) is 0 Å². The van der Waals surface area contributed by atoms with Crippen LogP contribution >= 0.6 is 0 Å². The summed E-state index contributed by atoms with van der Waals surface area (Å²) in [5.74, 6) is 0.926. The first kappa shape index (κ1) is 15.4. The van der Waals surface area contributed by atoms with Gasteiger partial charge in [-0.1, -0.05) is 13.8 Å². The number of carboxylic acids is 1. The van der Waals surface area contributed by atoms with E-state index in [1.807, 2.05) is 13.0 Å². The Morgan fingerprint density at radius 3 is 2.68 bits per heavy atom. The van der Waals surface area contributed by atoms with E-state index in [9.17, 15) is 4.79 Å². The highest BCUT2D eigenvalue weighted by Gasteiger charge is 2.06. The first-order valence-corrected chi connectivity index (χ1v) is 6.69. The normalized spacial score (nSPS) is 10.7. The molecule has 19 heavy (non-hydrogen) atoms. The topological polar surface area (TPSA) is 72.3 Å². The molecule has 106 valence electrons. The Morgan fingerprint density at radius 2 is 2.05 bits per heavy atom. The molecule has 1 aromatic heterocycles. The average Bonchev–Trinajstić information content (AvgIpc) is 2.32. The number of carboxylic acid groups (broad SMARTS) is 1. The molecule has 1 rings (SSSR count). The number of nitrogens with zero attached hydrogens (tertiary/aromatic N) is 2. The molecule has 0 saturated carbocycles. The summed E-state index contributed by atoms with van der Waals surface area (Å²) in [4.78, 5) is 18.9. The molecule has 0 spiro atoms. The van der Waals surface area contributed by atoms with Crippen molar-refractivity contribution in [2.75, 3.05) is 6.61 Å². The predicted molar refractivity (Wildman–Crippen MR) is 72.5 cm³/mol. The van der Waals surface area contributed by atoms with E-state index in [0.717, 1.165) is 18.5 Å². The molecule has 0 saturated heterocycles. The third-order valence-corrected chi connectivity index (χ3v) is 2.71. The fourth-order valence-electron chi connectivity index (χ4n) is 1.66. The van der Waals surface area contributed by atoms with Crippen LogP contribution in [0.15, 0.2) is 6.07 Å². The number of aromatic nitrogens is 2. The van der Waals surface area contributed by atoms with Crippen molar-refractivity contribution in [1.29, 1.82) is 0 Å². The number of rotatable bonds is 8. The molecule has 0 amide bonds. The summed E-state index contributed by atoms with van der Waals surface area (Å²) in [6.07, 6.45) is 2.61. The standard InChI is InChI=1S/C14H22N2O3/c1-10(2)12-9-13(16-11(3)15-12)19-8-6-4-5-7-14(17)18/h9-10H,4-8H2,1-3H3,(H,17,18). The van der Waals surface area contributed by atoms with Crippen LogP contribution < -0.4 is 4.74 Å². The van der Waals surface area contributed by atoms with E-state index in [-0.39, 0.29) is 6.42 Å². The Morgan fingerprint density at radius 1 is 1.32 bits per heavy atom. The molecule has 0 aromatic carbocycles. The maximum Gasteiger partial charge on any atom is 0.303 e. The number of ether oxygens (including phenoxy) is 1. The van der Waals surface area contributed by atoms with Crippen molar-refractivity contribution in [2.45, 2.75) is 52.4 Å². The lowest BCUT2D eigenvalue weighted by molar-refractivity contribution is -0.137. The quantitative estimate of drug-likeness (QED) is 0.732. The lowest BCUT2D eigenvalue weighted by Gasteiger charge is -2.09. The Kier molecular flexibility index (Phi) is 6.25. The number of aliphatic carboxylic acids is 1. The van der Waals surface area contributed by atoms with Gasteiger partial charge in [-0.2, -0.15) is 4.98 Å². The van der Waals surface area contributed by atoms with Crippen molar-refractivity contribution in [3.05, 3.63) is 17.6 Å². The third-order valence-electron chi connectivity index (χ3n) is 2.71. The number of hydrogen-bond acceptors (Lipinski definition) is 4. The van der Waals surface area contributed by atoms with Crippen LogP contribution in [-0.2, 0) is 4.79 Å². The summed E-state index contributed by atoms with van der Waals surface area (Å²) < 4.78 is 5.59. The smallest absolute Gasteiger partial charge is 0.303 e. The van der Waals surface area contributed by atoms with Gasteiger partial charge in [0.15, 0.2) is 0 Å². The molecule has 5 nitrogen and oxygen atoms in total. The van der Waals surface area contributed by atoms with E-state index < -0.39 is 5.97 Å². The van der Waals surface area contributed by atoms with E-state index in [1.54, 1.807) is 0 Å². The van der Waals surface area contributed by atoms with Gasteiger partial charge in [-0.15, -0.1) is 0 Å². The van der Waals surface area contributed by atoms with Crippen LogP contribution in [0, 0.1) is 6.92 Å². The Balaban J connectivity index is 2.35. The third kappa shape index (κ3) is 6.18. The zero-order valence-corrected chi connectivity index (χ0v) is 11.8. The van der Waals surface area contributed by atoms with Crippen molar-refractivity contribution in [2.24, 2.45) is 0 Å². The summed E-state index contributed by atoms with van der Waals surface area (Å²) in [6, 6.07) is 1.87. The maximum absolute atomic E-state index is 10.3. The van der Waals surface area contributed by atoms with Crippen molar-refractivity contribution in [3.8, 4) is 5.88 Å². The van der Waals surface area contributed by atoms with Gasteiger partial charge >= 0.3 is 5.97 Å². The second-order valence-electron chi connectivity index (χ2n) is 4.89. The minimum absolute atomic E-state index is 0.226. The molecule has 0 radical (unpaired) electrons. The van der Waals surface area contributed by atoms with Crippen molar-refractivity contribution < 1.29 is 14.6 Å². The van der Waals surface area contributed by atoms with Crippen LogP contribution in [0.25, 0.3) is 0 Å². The monoisotopic (exact) mass is 266 g/mol. The van der Waals surface area contributed by atoms with Crippen LogP contribution in [0.2, 0.25) is 0 Å². The molecule has 0 atom stereocenters. The summed E-state index contributed by atoms with van der Waals surface area (Å²) in [6.45, 7) is 6.58. The molecular weight excluding hydrogens is 244 g/mol. The van der Waals surface area contributed by atoms with Crippen LogP contribution in [0.5, 0.6) is 5.88 Å². The van der Waals surface area contributed by atoms with E-state index >= 15 is 0 Å². The zero-order valence-electron chi connectivity index (χ0n) is 11.8. The second kappa shape index (κ2) is 7.71. The van der Waals surface area contributed by atoms with E-state index in [0.29, 0.717) is 30.7 Å². The highest BCUT2D eigenvalue weighted by molar-refractivity contribution is 5.66. The molecule has 0 bridgehead atoms. The fraction of sp³-hybridized carbons (Fsp3) is 0.643. The summed E-state index contributed by atoms with van der Waals surface area (Å²) in [7, 11) is 0. The van der Waals surface area contributed by atoms with Gasteiger partial charge < -0.3 is 9.84 Å². The first-order chi connectivity index (χ1) is 8.99. The molecular formula is C14H22N2O3. The van der Waals surface area contributed by atoms with Gasteiger partial charge in [0.2, 0.25) is 5.88 Å². The van der Waals surface area contributed by atoms with Gasteiger partial charge in [0, 0.05) is 12.5 Å². The average molecular weight is 266 g/mol. The van der Waals surface area contributed by atoms with Crippen LogP contribution in [0.1, 0.15) is 57.0 Å². The lowest BCUT2D eigenvalue weighted by Crippen LogP contribution is -2.04. The van der Waals surface area contributed by atoms with Gasteiger partial charge in [0.25, 0.3) is 0 Å². The van der Waals surface area contributed by atoms with Gasteiger partial charge in [-0.05, 0) is 32.1 Å². The molecule has 0 unspecified atom stereocenters. The van der Waals surface area contributed by atoms with Crippen molar-refractivity contribution >= 4 is 5.97 Å². The summed E-state index contributed by atoms with van der Waals surface area (Å²) >= 11 is 0. The predicted octanol–water partition coefficient (Wildman–Crippen LogP) is 2.93. The Hall–Kier alpha value is -1.65. The zero-order chi connectivity index (χ0) is 14.3. The molecule has 0 aliphatic carbocycles. The molecule has 0 aliphatic rings. The lowest BCUT2D eigenvalue weighted by atomic mass is 10.1. The van der Waals surface area contributed by atoms with Crippen molar-refractivity contribution in [1.82, 2.24) is 9.97 Å². The highest BCUT2D eigenvalue weighted by atomic mass is 16.5. The van der Waals surface area contributed by atoms with Crippen LogP contribution in [0.4, 0.5) is 0 Å². The molecule has 1 aromatic rings. The molecule has 5 heteroatoms. The number of carbonyl (C=O) groups is 1. The fourth-order valence-corrected chi connectivity index (χ4v) is 1.66.